The number of carbonyl (C=O) groups excluding carboxylic acids is 1. The van der Waals surface area contributed by atoms with Crippen molar-refractivity contribution in [2.75, 3.05) is 5.32 Å². The molecular formula is C13H7Cl2F3N2O. The number of alkyl halides is 3. The van der Waals surface area contributed by atoms with Crippen LogP contribution in [0.5, 0.6) is 0 Å². The third-order valence-electron chi connectivity index (χ3n) is 2.55. The van der Waals surface area contributed by atoms with E-state index < -0.39 is 23.2 Å². The summed E-state index contributed by atoms with van der Waals surface area (Å²) in [6.45, 7) is 0. The molecule has 1 N–H and O–H groups in total. The maximum atomic E-state index is 12.8. The molecule has 0 unspecified atom stereocenters. The van der Waals surface area contributed by atoms with Gasteiger partial charge in [0.2, 0.25) is 0 Å². The van der Waals surface area contributed by atoms with Crippen LogP contribution in [0.4, 0.5) is 18.9 Å². The van der Waals surface area contributed by atoms with Crippen molar-refractivity contribution in [2.45, 2.75) is 6.18 Å². The van der Waals surface area contributed by atoms with Gasteiger partial charge in [0, 0.05) is 17.4 Å². The van der Waals surface area contributed by atoms with Crippen molar-refractivity contribution >= 4 is 34.8 Å². The third kappa shape index (κ3) is 3.65. The smallest absolute Gasteiger partial charge is 0.321 e. The lowest BCUT2D eigenvalue weighted by molar-refractivity contribution is -0.137. The van der Waals surface area contributed by atoms with Crippen molar-refractivity contribution in [1.82, 2.24) is 4.98 Å². The lowest BCUT2D eigenvalue weighted by Gasteiger charge is -2.12. The van der Waals surface area contributed by atoms with E-state index in [4.69, 9.17) is 23.2 Å². The second kappa shape index (κ2) is 5.91. The van der Waals surface area contributed by atoms with Gasteiger partial charge in [-0.2, -0.15) is 13.2 Å². The van der Waals surface area contributed by atoms with Crippen molar-refractivity contribution in [3.8, 4) is 0 Å². The molecule has 0 aliphatic carbocycles. The lowest BCUT2D eigenvalue weighted by atomic mass is 10.1. The molecule has 2 rings (SSSR count). The van der Waals surface area contributed by atoms with Crippen molar-refractivity contribution in [3.63, 3.8) is 0 Å². The van der Waals surface area contributed by atoms with Crippen LogP contribution in [0, 0.1) is 0 Å². The van der Waals surface area contributed by atoms with Crippen molar-refractivity contribution in [2.24, 2.45) is 0 Å². The molecule has 1 aromatic heterocycles. The second-order valence-electron chi connectivity index (χ2n) is 4.00. The number of rotatable bonds is 2. The monoisotopic (exact) mass is 334 g/mol. The first-order valence-electron chi connectivity index (χ1n) is 5.56. The fourth-order valence-corrected chi connectivity index (χ4v) is 2.06. The van der Waals surface area contributed by atoms with Crippen LogP contribution in [-0.2, 0) is 6.18 Å². The number of hydrogen-bond donors (Lipinski definition) is 1. The Morgan fingerprint density at radius 2 is 1.90 bits per heavy atom. The van der Waals surface area contributed by atoms with E-state index in [-0.39, 0.29) is 10.7 Å². The average molecular weight is 335 g/mol. The number of halogens is 5. The van der Waals surface area contributed by atoms with Gasteiger partial charge in [0.05, 0.1) is 21.8 Å². The van der Waals surface area contributed by atoms with Gasteiger partial charge < -0.3 is 5.32 Å². The molecule has 0 bridgehead atoms. The predicted octanol–water partition coefficient (Wildman–Crippen LogP) is 4.66. The van der Waals surface area contributed by atoms with Crippen LogP contribution in [0.15, 0.2) is 36.7 Å². The molecule has 1 aromatic carbocycles. The van der Waals surface area contributed by atoms with Gasteiger partial charge >= 0.3 is 6.18 Å². The fourth-order valence-electron chi connectivity index (χ4n) is 1.60. The molecular weight excluding hydrogens is 328 g/mol. The predicted molar refractivity (Wildman–Crippen MR) is 73.7 cm³/mol. The molecule has 0 spiro atoms. The summed E-state index contributed by atoms with van der Waals surface area (Å²) in [7, 11) is 0. The minimum atomic E-state index is -4.65. The Morgan fingerprint density at radius 1 is 1.19 bits per heavy atom. The molecule has 0 aliphatic heterocycles. The van der Waals surface area contributed by atoms with Crippen LogP contribution in [0.3, 0.4) is 0 Å². The summed E-state index contributed by atoms with van der Waals surface area (Å²) in [5.74, 6) is -0.959. The molecule has 0 atom stereocenters. The number of nitrogens with one attached hydrogen (secondary N) is 1. The van der Waals surface area contributed by atoms with E-state index in [1.54, 1.807) is 0 Å². The van der Waals surface area contributed by atoms with E-state index >= 15 is 0 Å². The van der Waals surface area contributed by atoms with E-state index in [1.807, 2.05) is 0 Å². The van der Waals surface area contributed by atoms with Gasteiger partial charge in [-0.1, -0.05) is 23.2 Å². The van der Waals surface area contributed by atoms with E-state index in [1.165, 1.54) is 18.2 Å². The van der Waals surface area contributed by atoms with Crippen LogP contribution in [0.1, 0.15) is 15.9 Å². The first-order valence-corrected chi connectivity index (χ1v) is 6.32. The second-order valence-corrected chi connectivity index (χ2v) is 4.84. The number of pyridine rings is 1. The molecule has 3 nitrogen and oxygen atoms in total. The Bertz CT molecular complexity index is 689. The Kier molecular flexibility index (Phi) is 4.39. The molecule has 0 aliphatic rings. The average Bonchev–Trinajstić information content (AvgIpc) is 2.41. The number of amides is 1. The van der Waals surface area contributed by atoms with Crippen LogP contribution < -0.4 is 5.32 Å². The standard InChI is InChI=1S/C13H7Cl2F3N2O/c14-7-1-2-11(10(15)5-7)20-12(21)8-6-19-4-3-9(8)13(16,17)18/h1-6H,(H,20,21). The number of nitrogens with zero attached hydrogens (tertiary/aromatic N) is 1. The summed E-state index contributed by atoms with van der Waals surface area (Å²) in [6.07, 6.45) is -2.84. The molecule has 0 fully saturated rings. The van der Waals surface area contributed by atoms with Crippen molar-refractivity contribution < 1.29 is 18.0 Å². The van der Waals surface area contributed by atoms with Gasteiger partial charge in [0.15, 0.2) is 0 Å². The summed E-state index contributed by atoms with van der Waals surface area (Å²) in [6, 6.07) is 4.95. The zero-order valence-corrected chi connectivity index (χ0v) is 11.7. The van der Waals surface area contributed by atoms with Gasteiger partial charge in [-0.15, -0.1) is 0 Å². The van der Waals surface area contributed by atoms with Gasteiger partial charge in [-0.25, -0.2) is 0 Å². The maximum absolute atomic E-state index is 12.8. The highest BCUT2D eigenvalue weighted by Gasteiger charge is 2.35. The van der Waals surface area contributed by atoms with Gasteiger partial charge in [0.25, 0.3) is 5.91 Å². The number of hydrogen-bond acceptors (Lipinski definition) is 2. The number of aromatic nitrogens is 1. The van der Waals surface area contributed by atoms with Gasteiger partial charge in [-0.3, -0.25) is 9.78 Å². The molecule has 0 saturated heterocycles. The summed E-state index contributed by atoms with van der Waals surface area (Å²) in [5, 5.41) is 2.76. The van der Waals surface area contributed by atoms with Crippen molar-refractivity contribution in [3.05, 3.63) is 57.8 Å². The van der Waals surface area contributed by atoms with Crippen LogP contribution in [0.25, 0.3) is 0 Å². The first kappa shape index (κ1) is 15.6. The Labute approximate surface area is 127 Å². The molecule has 8 heteroatoms. The van der Waals surface area contributed by atoms with Crippen molar-refractivity contribution in [1.29, 1.82) is 0 Å². The summed E-state index contributed by atoms with van der Waals surface area (Å²) in [4.78, 5) is 15.5. The van der Waals surface area contributed by atoms with E-state index in [9.17, 15) is 18.0 Å². The Morgan fingerprint density at radius 3 is 2.52 bits per heavy atom. The van der Waals surface area contributed by atoms with Crippen LogP contribution >= 0.6 is 23.2 Å². The molecule has 21 heavy (non-hydrogen) atoms. The minimum absolute atomic E-state index is 0.119. The molecule has 1 heterocycles. The third-order valence-corrected chi connectivity index (χ3v) is 3.10. The molecule has 110 valence electrons. The Hall–Kier alpha value is -1.79. The highest BCUT2D eigenvalue weighted by atomic mass is 35.5. The van der Waals surface area contributed by atoms with Gasteiger partial charge in [-0.05, 0) is 24.3 Å². The molecule has 1 amide bonds. The van der Waals surface area contributed by atoms with Crippen LogP contribution in [-0.4, -0.2) is 10.9 Å². The zero-order chi connectivity index (χ0) is 15.6. The number of benzene rings is 1. The largest absolute Gasteiger partial charge is 0.417 e. The fraction of sp³-hybridized carbons (Fsp3) is 0.0769. The SMILES string of the molecule is O=C(Nc1ccc(Cl)cc1Cl)c1cnccc1C(F)(F)F. The molecule has 0 saturated carbocycles. The number of anilines is 1. The summed E-state index contributed by atoms with van der Waals surface area (Å²) < 4.78 is 38.5. The Balaban J connectivity index is 2.33. The summed E-state index contributed by atoms with van der Waals surface area (Å²) >= 11 is 11.6. The van der Waals surface area contributed by atoms with E-state index in [2.05, 4.69) is 10.3 Å². The quantitative estimate of drug-likeness (QED) is 0.867. The van der Waals surface area contributed by atoms with E-state index in [0.717, 1.165) is 18.5 Å². The first-order chi connectivity index (χ1) is 9.79. The maximum Gasteiger partial charge on any atom is 0.417 e. The van der Waals surface area contributed by atoms with E-state index in [0.29, 0.717) is 5.02 Å². The number of carbonyl (C=O) groups is 1. The minimum Gasteiger partial charge on any atom is -0.321 e. The zero-order valence-electron chi connectivity index (χ0n) is 10.2. The van der Waals surface area contributed by atoms with Gasteiger partial charge in [0.1, 0.15) is 0 Å². The lowest BCUT2D eigenvalue weighted by Crippen LogP contribution is -2.19. The molecule has 2 aromatic rings. The topological polar surface area (TPSA) is 42.0 Å². The summed E-state index contributed by atoms with van der Waals surface area (Å²) in [5.41, 5.74) is -1.50. The highest BCUT2D eigenvalue weighted by molar-refractivity contribution is 6.36. The highest BCUT2D eigenvalue weighted by Crippen LogP contribution is 2.32. The molecule has 0 radical (unpaired) electrons. The van der Waals surface area contributed by atoms with Crippen LogP contribution in [0.2, 0.25) is 10.0 Å². The normalized spacial score (nSPS) is 11.3.